The lowest BCUT2D eigenvalue weighted by Crippen LogP contribution is -2.47. The summed E-state index contributed by atoms with van der Waals surface area (Å²) in [5.74, 6) is 1.54. The van der Waals surface area contributed by atoms with Crippen LogP contribution in [0.3, 0.4) is 0 Å². The molecule has 2 aromatic heterocycles. The van der Waals surface area contributed by atoms with Gasteiger partial charge in [-0.3, -0.25) is 4.98 Å². The summed E-state index contributed by atoms with van der Waals surface area (Å²) in [7, 11) is 0. The first kappa shape index (κ1) is 19.9. The van der Waals surface area contributed by atoms with Crippen molar-refractivity contribution in [1.82, 2.24) is 20.0 Å². The van der Waals surface area contributed by atoms with E-state index in [9.17, 15) is 10.2 Å². The van der Waals surface area contributed by atoms with Gasteiger partial charge in [0.25, 0.3) is 0 Å². The molecule has 2 N–H and O–H groups in total. The van der Waals surface area contributed by atoms with E-state index in [0.29, 0.717) is 29.8 Å². The number of aromatic hydroxyl groups is 1. The Balaban J connectivity index is 1.28. The van der Waals surface area contributed by atoms with Gasteiger partial charge in [0.15, 0.2) is 0 Å². The van der Waals surface area contributed by atoms with E-state index in [0.717, 1.165) is 44.2 Å². The smallest absolute Gasteiger partial charge is 0.115 e. The highest BCUT2D eigenvalue weighted by atomic mass is 16.3. The Labute approximate surface area is 188 Å². The number of aromatic nitrogens is 4. The lowest BCUT2D eigenvalue weighted by Gasteiger charge is -2.53. The molecule has 32 heavy (non-hydrogen) atoms. The van der Waals surface area contributed by atoms with E-state index >= 15 is 0 Å². The van der Waals surface area contributed by atoms with Crippen molar-refractivity contribution >= 4 is 0 Å². The first-order valence-electron chi connectivity index (χ1n) is 11.8. The summed E-state index contributed by atoms with van der Waals surface area (Å²) in [6.45, 7) is 3.00. The Kier molecular flexibility index (Phi) is 4.44. The van der Waals surface area contributed by atoms with E-state index in [2.05, 4.69) is 28.3 Å². The van der Waals surface area contributed by atoms with E-state index in [1.807, 2.05) is 36.5 Å². The first-order chi connectivity index (χ1) is 15.5. The quantitative estimate of drug-likeness (QED) is 0.652. The van der Waals surface area contributed by atoms with Crippen molar-refractivity contribution in [3.05, 3.63) is 71.3 Å². The summed E-state index contributed by atoms with van der Waals surface area (Å²) in [5.41, 5.74) is 3.62. The van der Waals surface area contributed by atoms with Crippen LogP contribution in [-0.4, -0.2) is 30.2 Å². The number of pyridine rings is 1. The number of hydrogen-bond acceptors (Lipinski definition) is 5. The highest BCUT2D eigenvalue weighted by Crippen LogP contribution is 2.65. The molecule has 0 spiro atoms. The average molecular weight is 431 g/mol. The fourth-order valence-corrected chi connectivity index (χ4v) is 7.23. The SMILES string of the molecule is C[C@]12CCc3cc(O)ccc3[C@H]1CC[C@H]1[C@H]2CC[C@]1(O)c1cn(Cc2ccccn2)nn1. The molecule has 3 aliphatic carbocycles. The summed E-state index contributed by atoms with van der Waals surface area (Å²) in [5, 5.41) is 30.6. The molecular weight excluding hydrogens is 400 g/mol. The van der Waals surface area contributed by atoms with Gasteiger partial charge < -0.3 is 10.2 Å². The number of phenolic OH excluding ortho intramolecular Hbond substituents is 1. The third kappa shape index (κ3) is 2.92. The standard InChI is InChI=1S/C26H30N4O2/c1-25-11-9-17-14-19(31)5-6-20(17)21(25)7-8-23-22(25)10-12-26(23,32)24-16-30(29-28-24)15-18-4-2-3-13-27-18/h2-6,13-14,16,21-23,31-32H,7-12,15H2,1H3/t21-,22-,23+,25+,26-/m1/s1. The van der Waals surface area contributed by atoms with Gasteiger partial charge in [-0.1, -0.05) is 24.3 Å². The molecular formula is C26H30N4O2. The summed E-state index contributed by atoms with van der Waals surface area (Å²) in [6.07, 6.45) is 9.64. The Morgan fingerprint density at radius 1 is 1.09 bits per heavy atom. The van der Waals surface area contributed by atoms with Gasteiger partial charge in [-0.05, 0) is 97.1 Å². The molecule has 6 heteroatoms. The molecule has 2 heterocycles. The van der Waals surface area contributed by atoms with Gasteiger partial charge >= 0.3 is 0 Å². The molecule has 2 fully saturated rings. The topological polar surface area (TPSA) is 84.1 Å². The maximum Gasteiger partial charge on any atom is 0.115 e. The number of rotatable bonds is 3. The van der Waals surface area contributed by atoms with Crippen molar-refractivity contribution in [3.63, 3.8) is 0 Å². The number of benzene rings is 1. The maximum absolute atomic E-state index is 11.9. The fourth-order valence-electron chi connectivity index (χ4n) is 7.23. The number of phenols is 1. The molecule has 0 saturated heterocycles. The minimum absolute atomic E-state index is 0.168. The average Bonchev–Trinajstić information content (AvgIpc) is 3.40. The van der Waals surface area contributed by atoms with Crippen molar-refractivity contribution in [2.24, 2.45) is 17.3 Å². The van der Waals surface area contributed by atoms with Gasteiger partial charge in [0.2, 0.25) is 0 Å². The normalized spacial score (nSPS) is 33.4. The van der Waals surface area contributed by atoms with Crippen LogP contribution in [0, 0.1) is 17.3 Å². The lowest BCUT2D eigenvalue weighted by atomic mass is 9.51. The maximum atomic E-state index is 11.9. The van der Waals surface area contributed by atoms with Crippen LogP contribution in [0.4, 0.5) is 0 Å². The molecule has 6 rings (SSSR count). The summed E-state index contributed by atoms with van der Waals surface area (Å²) in [6, 6.07) is 11.8. The van der Waals surface area contributed by atoms with E-state index < -0.39 is 5.60 Å². The van der Waals surface area contributed by atoms with Gasteiger partial charge in [-0.2, -0.15) is 0 Å². The summed E-state index contributed by atoms with van der Waals surface area (Å²) >= 11 is 0. The minimum Gasteiger partial charge on any atom is -0.508 e. The van der Waals surface area contributed by atoms with Crippen LogP contribution in [-0.2, 0) is 18.6 Å². The zero-order valence-corrected chi connectivity index (χ0v) is 18.5. The molecule has 0 bridgehead atoms. The molecule has 3 aromatic rings. The van der Waals surface area contributed by atoms with E-state index in [1.54, 1.807) is 10.9 Å². The van der Waals surface area contributed by atoms with Crippen LogP contribution in [0.1, 0.15) is 67.5 Å². The number of aliphatic hydroxyl groups is 1. The Hall–Kier alpha value is -2.73. The van der Waals surface area contributed by atoms with Crippen LogP contribution in [0.5, 0.6) is 5.75 Å². The van der Waals surface area contributed by atoms with Gasteiger partial charge in [0.05, 0.1) is 18.4 Å². The molecule has 6 nitrogen and oxygen atoms in total. The van der Waals surface area contributed by atoms with Gasteiger partial charge in [0.1, 0.15) is 17.0 Å². The second-order valence-corrected chi connectivity index (χ2v) is 10.3. The minimum atomic E-state index is -0.907. The third-order valence-corrected chi connectivity index (χ3v) is 8.81. The van der Waals surface area contributed by atoms with Crippen LogP contribution in [0.2, 0.25) is 0 Å². The number of fused-ring (bicyclic) bond motifs is 5. The Morgan fingerprint density at radius 3 is 2.84 bits per heavy atom. The van der Waals surface area contributed by atoms with Crippen molar-refractivity contribution in [2.75, 3.05) is 0 Å². The molecule has 0 radical (unpaired) electrons. The zero-order valence-electron chi connectivity index (χ0n) is 18.5. The van der Waals surface area contributed by atoms with Crippen LogP contribution in [0.25, 0.3) is 0 Å². The zero-order chi connectivity index (χ0) is 21.9. The van der Waals surface area contributed by atoms with Crippen molar-refractivity contribution in [2.45, 2.75) is 63.5 Å². The van der Waals surface area contributed by atoms with Crippen LogP contribution in [0.15, 0.2) is 48.8 Å². The highest BCUT2D eigenvalue weighted by Gasteiger charge is 2.60. The second-order valence-electron chi connectivity index (χ2n) is 10.3. The predicted octanol–water partition coefficient (Wildman–Crippen LogP) is 4.17. The molecule has 5 atom stereocenters. The van der Waals surface area contributed by atoms with E-state index in [1.165, 1.54) is 11.1 Å². The Morgan fingerprint density at radius 2 is 2.00 bits per heavy atom. The monoisotopic (exact) mass is 430 g/mol. The van der Waals surface area contributed by atoms with Crippen LogP contribution < -0.4 is 0 Å². The van der Waals surface area contributed by atoms with Crippen molar-refractivity contribution in [3.8, 4) is 5.75 Å². The molecule has 2 saturated carbocycles. The van der Waals surface area contributed by atoms with Crippen molar-refractivity contribution in [1.29, 1.82) is 0 Å². The number of nitrogens with zero attached hydrogens (tertiary/aromatic N) is 4. The fraction of sp³-hybridized carbons (Fsp3) is 0.500. The molecule has 0 aliphatic heterocycles. The lowest BCUT2D eigenvalue weighted by molar-refractivity contribution is -0.0674. The highest BCUT2D eigenvalue weighted by molar-refractivity contribution is 5.41. The van der Waals surface area contributed by atoms with Gasteiger partial charge in [-0.25, -0.2) is 4.68 Å². The first-order valence-corrected chi connectivity index (χ1v) is 11.8. The van der Waals surface area contributed by atoms with E-state index in [-0.39, 0.29) is 11.3 Å². The molecule has 0 amide bonds. The van der Waals surface area contributed by atoms with E-state index in [4.69, 9.17) is 0 Å². The molecule has 3 aliphatic rings. The summed E-state index contributed by atoms with van der Waals surface area (Å²) in [4.78, 5) is 4.38. The summed E-state index contributed by atoms with van der Waals surface area (Å²) < 4.78 is 1.79. The largest absolute Gasteiger partial charge is 0.508 e. The van der Waals surface area contributed by atoms with Gasteiger partial charge in [0, 0.05) is 6.20 Å². The van der Waals surface area contributed by atoms with Crippen LogP contribution >= 0.6 is 0 Å². The number of hydrogen-bond donors (Lipinski definition) is 2. The van der Waals surface area contributed by atoms with Gasteiger partial charge in [-0.15, -0.1) is 5.10 Å². The molecule has 1 aromatic carbocycles. The molecule has 166 valence electrons. The molecule has 0 unspecified atom stereocenters. The Bertz CT molecular complexity index is 1150. The second kappa shape index (κ2) is 7.14. The van der Waals surface area contributed by atoms with Crippen molar-refractivity contribution < 1.29 is 10.2 Å². The predicted molar refractivity (Wildman–Crippen MR) is 120 cm³/mol. The third-order valence-electron chi connectivity index (χ3n) is 8.81. The number of aryl methyl sites for hydroxylation is 1.